The molecule has 17 heavy (non-hydrogen) atoms. The van der Waals surface area contributed by atoms with E-state index in [1.807, 2.05) is 0 Å². The molecule has 1 atom stereocenters. The average molecular weight is 248 g/mol. The van der Waals surface area contributed by atoms with Crippen molar-refractivity contribution in [3.63, 3.8) is 0 Å². The maximum atomic E-state index is 13.3. The lowest BCUT2D eigenvalue weighted by molar-refractivity contribution is -0.232. The number of aryl methyl sites for hydroxylation is 1. The highest BCUT2D eigenvalue weighted by molar-refractivity contribution is 5.25. The van der Waals surface area contributed by atoms with E-state index < -0.39 is 17.9 Å². The Morgan fingerprint density at radius 2 is 1.65 bits per heavy atom. The molecular weight excluding hydrogens is 236 g/mol. The molecular formula is C12H12F4O. The molecule has 0 amide bonds. The number of alkyl halides is 4. The summed E-state index contributed by atoms with van der Waals surface area (Å²) in [5.41, 5.74) is 0.516. The van der Waals surface area contributed by atoms with Crippen LogP contribution in [0.2, 0.25) is 0 Å². The first-order valence-corrected chi connectivity index (χ1v) is 4.86. The van der Waals surface area contributed by atoms with E-state index in [0.29, 0.717) is 0 Å². The van der Waals surface area contributed by atoms with Gasteiger partial charge in [0, 0.05) is 0 Å². The van der Waals surface area contributed by atoms with Gasteiger partial charge in [-0.15, -0.1) is 0 Å². The normalized spacial score (nSPS) is 14.5. The first-order valence-electron chi connectivity index (χ1n) is 4.86. The van der Waals surface area contributed by atoms with Crippen molar-refractivity contribution in [2.24, 2.45) is 0 Å². The van der Waals surface area contributed by atoms with Gasteiger partial charge in [0.1, 0.15) is 6.10 Å². The molecule has 0 aliphatic carbocycles. The lowest BCUT2D eigenvalue weighted by atomic mass is 9.98. The number of benzene rings is 1. The van der Waals surface area contributed by atoms with Gasteiger partial charge in [-0.3, -0.25) is 0 Å². The second kappa shape index (κ2) is 4.49. The fraction of sp³-hybridized carbons (Fsp3) is 0.333. The summed E-state index contributed by atoms with van der Waals surface area (Å²) in [6.45, 7) is 4.36. The second-order valence-corrected chi connectivity index (χ2v) is 3.76. The molecule has 1 N–H and O–H groups in total. The van der Waals surface area contributed by atoms with E-state index in [1.165, 1.54) is 24.3 Å². The minimum absolute atomic E-state index is 0.162. The minimum atomic E-state index is -4.59. The zero-order valence-electron chi connectivity index (χ0n) is 9.13. The molecule has 1 aromatic carbocycles. The van der Waals surface area contributed by atoms with E-state index in [0.717, 1.165) is 5.56 Å². The molecule has 0 aliphatic rings. The summed E-state index contributed by atoms with van der Waals surface area (Å²) in [5.74, 6) is -9.05. The molecule has 0 spiro atoms. The maximum absolute atomic E-state index is 13.3. The van der Waals surface area contributed by atoms with E-state index in [4.69, 9.17) is 0 Å². The second-order valence-electron chi connectivity index (χ2n) is 3.76. The topological polar surface area (TPSA) is 20.2 Å². The molecule has 0 fully saturated rings. The molecule has 0 radical (unpaired) electrons. The molecule has 0 aromatic heterocycles. The minimum Gasteiger partial charge on any atom is -0.382 e. The van der Waals surface area contributed by atoms with Gasteiger partial charge in [0.2, 0.25) is 0 Å². The number of hydrogen-bond acceptors (Lipinski definition) is 1. The summed E-state index contributed by atoms with van der Waals surface area (Å²) >= 11 is 0. The van der Waals surface area contributed by atoms with Crippen LogP contribution in [0.5, 0.6) is 0 Å². The van der Waals surface area contributed by atoms with Gasteiger partial charge in [-0.05, 0) is 18.6 Å². The fourth-order valence-corrected chi connectivity index (χ4v) is 1.28. The molecule has 1 aromatic rings. The summed E-state index contributed by atoms with van der Waals surface area (Å²) in [6, 6.07) is 5.29. The lowest BCUT2D eigenvalue weighted by Gasteiger charge is -2.28. The summed E-state index contributed by atoms with van der Waals surface area (Å²) in [7, 11) is 0. The lowest BCUT2D eigenvalue weighted by Crippen LogP contribution is -2.43. The van der Waals surface area contributed by atoms with Crippen LogP contribution >= 0.6 is 0 Å². The number of allylic oxidation sites excluding steroid dienone is 1. The largest absolute Gasteiger partial charge is 0.382 e. The predicted octanol–water partition coefficient (Wildman–Crippen LogP) is 3.49. The van der Waals surface area contributed by atoms with Crippen LogP contribution < -0.4 is 0 Å². The van der Waals surface area contributed by atoms with Crippen LogP contribution in [0, 0.1) is 6.92 Å². The predicted molar refractivity (Wildman–Crippen MR) is 56.2 cm³/mol. The Bertz CT molecular complexity index is 397. The first-order chi connectivity index (χ1) is 7.72. The van der Waals surface area contributed by atoms with Crippen LogP contribution in [0.1, 0.15) is 17.2 Å². The van der Waals surface area contributed by atoms with Crippen molar-refractivity contribution < 1.29 is 22.7 Å². The highest BCUT2D eigenvalue weighted by Crippen LogP contribution is 2.44. The van der Waals surface area contributed by atoms with Crippen molar-refractivity contribution in [1.29, 1.82) is 0 Å². The van der Waals surface area contributed by atoms with Crippen LogP contribution in [-0.4, -0.2) is 17.0 Å². The van der Waals surface area contributed by atoms with Gasteiger partial charge >= 0.3 is 11.8 Å². The van der Waals surface area contributed by atoms with E-state index in [2.05, 4.69) is 6.58 Å². The highest BCUT2D eigenvalue weighted by Gasteiger charge is 2.59. The van der Waals surface area contributed by atoms with E-state index in [-0.39, 0.29) is 11.6 Å². The summed E-state index contributed by atoms with van der Waals surface area (Å²) < 4.78 is 52.5. The Morgan fingerprint density at radius 1 is 1.18 bits per heavy atom. The number of halogens is 4. The van der Waals surface area contributed by atoms with E-state index >= 15 is 0 Å². The Kier molecular flexibility index (Phi) is 3.62. The van der Waals surface area contributed by atoms with Crippen LogP contribution in [0.25, 0.3) is 0 Å². The number of aliphatic hydroxyl groups excluding tert-OH is 1. The van der Waals surface area contributed by atoms with Gasteiger partial charge < -0.3 is 5.11 Å². The van der Waals surface area contributed by atoms with Gasteiger partial charge in [-0.2, -0.15) is 17.6 Å². The zero-order valence-corrected chi connectivity index (χ0v) is 9.13. The SMILES string of the molecule is C=CC(F)(F)C(F)(F)C(O)c1ccc(C)cc1. The molecule has 1 rings (SSSR count). The van der Waals surface area contributed by atoms with E-state index in [9.17, 15) is 22.7 Å². The zero-order chi connectivity index (χ0) is 13.3. The van der Waals surface area contributed by atoms with Gasteiger partial charge in [0.25, 0.3) is 0 Å². The molecule has 0 saturated carbocycles. The van der Waals surface area contributed by atoms with Crippen molar-refractivity contribution in [3.05, 3.63) is 48.0 Å². The Labute approximate surface area is 96.4 Å². The van der Waals surface area contributed by atoms with Gasteiger partial charge in [0.15, 0.2) is 0 Å². The van der Waals surface area contributed by atoms with Gasteiger partial charge in [-0.25, -0.2) is 0 Å². The first kappa shape index (κ1) is 13.7. The van der Waals surface area contributed by atoms with Gasteiger partial charge in [0.05, 0.1) is 0 Å². The third-order valence-electron chi connectivity index (χ3n) is 2.44. The van der Waals surface area contributed by atoms with Crippen molar-refractivity contribution in [3.8, 4) is 0 Å². The fourth-order valence-electron chi connectivity index (χ4n) is 1.28. The number of rotatable bonds is 4. The van der Waals surface area contributed by atoms with Crippen LogP contribution in [0.3, 0.4) is 0 Å². The van der Waals surface area contributed by atoms with Crippen molar-refractivity contribution in [2.75, 3.05) is 0 Å². The number of aliphatic hydroxyl groups is 1. The monoisotopic (exact) mass is 248 g/mol. The Hall–Kier alpha value is -1.36. The molecule has 0 saturated heterocycles. The molecule has 1 unspecified atom stereocenters. The Balaban J connectivity index is 3.07. The molecule has 0 heterocycles. The highest BCUT2D eigenvalue weighted by atomic mass is 19.3. The van der Waals surface area contributed by atoms with E-state index in [1.54, 1.807) is 6.92 Å². The van der Waals surface area contributed by atoms with Crippen LogP contribution in [0.15, 0.2) is 36.9 Å². The molecule has 5 heteroatoms. The molecule has 1 nitrogen and oxygen atoms in total. The summed E-state index contributed by atoms with van der Waals surface area (Å²) in [4.78, 5) is 0. The summed E-state index contributed by atoms with van der Waals surface area (Å²) in [5, 5.41) is 9.33. The Morgan fingerprint density at radius 3 is 2.06 bits per heavy atom. The average Bonchev–Trinajstić information content (AvgIpc) is 2.28. The smallest absolute Gasteiger partial charge is 0.343 e. The standard InChI is InChI=1S/C12H12F4O/c1-3-11(13,14)12(15,16)10(17)9-6-4-8(2)5-7-9/h3-7,10,17H,1H2,2H3. The van der Waals surface area contributed by atoms with Crippen molar-refractivity contribution >= 4 is 0 Å². The number of hydrogen-bond donors (Lipinski definition) is 1. The van der Waals surface area contributed by atoms with Crippen LogP contribution in [0.4, 0.5) is 17.6 Å². The molecule has 94 valence electrons. The maximum Gasteiger partial charge on any atom is 0.343 e. The van der Waals surface area contributed by atoms with Crippen molar-refractivity contribution in [1.82, 2.24) is 0 Å². The molecule has 0 bridgehead atoms. The van der Waals surface area contributed by atoms with Crippen molar-refractivity contribution in [2.45, 2.75) is 24.9 Å². The molecule has 0 aliphatic heterocycles. The van der Waals surface area contributed by atoms with Crippen LogP contribution in [-0.2, 0) is 0 Å². The third kappa shape index (κ3) is 2.49. The quantitative estimate of drug-likeness (QED) is 0.638. The summed E-state index contributed by atoms with van der Waals surface area (Å²) in [6.07, 6.45) is -2.74. The third-order valence-corrected chi connectivity index (χ3v) is 2.44. The van der Waals surface area contributed by atoms with Gasteiger partial charge in [-0.1, -0.05) is 36.4 Å².